The third-order valence-electron chi connectivity index (χ3n) is 2.70. The fraction of sp³-hybridized carbons (Fsp3) is 0.143. The van der Waals surface area contributed by atoms with E-state index in [4.69, 9.17) is 12.2 Å². The van der Waals surface area contributed by atoms with Crippen LogP contribution in [0.25, 0.3) is 0 Å². The van der Waals surface area contributed by atoms with E-state index in [0.29, 0.717) is 5.11 Å². The molecule has 1 heterocycles. The van der Waals surface area contributed by atoms with Gasteiger partial charge in [-0.3, -0.25) is 5.43 Å². The minimum absolute atomic E-state index is 0.0158. The van der Waals surface area contributed by atoms with Crippen molar-refractivity contribution in [1.29, 1.82) is 0 Å². The number of hydrogen-bond acceptors (Lipinski definition) is 4. The molecule has 0 fully saturated rings. The topological polar surface area (TPSA) is 59.9 Å². The number of benzene rings is 1. The zero-order chi connectivity index (χ0) is 14.4. The van der Waals surface area contributed by atoms with Crippen molar-refractivity contribution in [3.05, 3.63) is 54.4 Å². The summed E-state index contributed by atoms with van der Waals surface area (Å²) in [7, 11) is 1.86. The molecule has 0 bridgehead atoms. The highest BCUT2D eigenvalue weighted by molar-refractivity contribution is 7.80. The van der Waals surface area contributed by atoms with E-state index in [1.807, 2.05) is 48.4 Å². The maximum absolute atomic E-state index is 9.32. The van der Waals surface area contributed by atoms with Gasteiger partial charge in [-0.1, -0.05) is 24.3 Å². The van der Waals surface area contributed by atoms with Gasteiger partial charge in [0.15, 0.2) is 5.11 Å². The Kier molecular flexibility index (Phi) is 4.73. The molecule has 0 saturated heterocycles. The van der Waals surface area contributed by atoms with Gasteiger partial charge in [0.2, 0.25) is 0 Å². The summed E-state index contributed by atoms with van der Waals surface area (Å²) >= 11 is 5.13. The van der Waals surface area contributed by atoms with Gasteiger partial charge in [0, 0.05) is 18.9 Å². The molecule has 5 nitrogen and oxygen atoms in total. The number of thiocarbonyl (C=S) groups is 1. The highest BCUT2D eigenvalue weighted by Crippen LogP contribution is 2.08. The second-order valence-electron chi connectivity index (χ2n) is 4.28. The molecule has 0 radical (unpaired) electrons. The molecule has 2 rings (SSSR count). The van der Waals surface area contributed by atoms with Crippen LogP contribution in [0.3, 0.4) is 0 Å². The number of nitrogens with one attached hydrogen (secondary N) is 2. The molecule has 0 aromatic heterocycles. The van der Waals surface area contributed by atoms with Gasteiger partial charge in [-0.05, 0) is 30.4 Å². The van der Waals surface area contributed by atoms with E-state index in [-0.39, 0.29) is 11.8 Å². The molecule has 1 aromatic carbocycles. The van der Waals surface area contributed by atoms with Crippen molar-refractivity contribution in [3.63, 3.8) is 0 Å². The summed E-state index contributed by atoms with van der Waals surface area (Å²) in [6.07, 6.45) is 6.82. The molecule has 0 amide bonds. The van der Waals surface area contributed by atoms with Gasteiger partial charge < -0.3 is 15.3 Å². The van der Waals surface area contributed by atoms with E-state index in [1.54, 1.807) is 18.5 Å². The Morgan fingerprint density at radius 2 is 2.15 bits per heavy atom. The lowest BCUT2D eigenvalue weighted by Crippen LogP contribution is -2.31. The maximum Gasteiger partial charge on any atom is 0.191 e. The molecule has 3 N–H and O–H groups in total. The van der Waals surface area contributed by atoms with Gasteiger partial charge in [-0.25, -0.2) is 0 Å². The van der Waals surface area contributed by atoms with Crippen LogP contribution < -0.4 is 10.7 Å². The van der Waals surface area contributed by atoms with Crippen LogP contribution in [0.2, 0.25) is 0 Å². The number of hydrazone groups is 1. The van der Waals surface area contributed by atoms with Crippen molar-refractivity contribution in [2.45, 2.75) is 6.04 Å². The van der Waals surface area contributed by atoms with E-state index < -0.39 is 0 Å². The van der Waals surface area contributed by atoms with Crippen LogP contribution in [0.1, 0.15) is 0 Å². The average molecular weight is 288 g/mol. The normalized spacial score (nSPS) is 17.9. The molecule has 1 aromatic rings. The second kappa shape index (κ2) is 6.72. The SMILES string of the molecule is CN1C=C(O)C=CC1C=NNC(=S)Nc1ccccc1. The molecular formula is C14H16N4OS. The minimum Gasteiger partial charge on any atom is -0.506 e. The van der Waals surface area contributed by atoms with Crippen LogP contribution in [0.4, 0.5) is 5.69 Å². The van der Waals surface area contributed by atoms with Crippen molar-refractivity contribution < 1.29 is 5.11 Å². The first kappa shape index (κ1) is 14.1. The molecule has 0 spiro atoms. The summed E-state index contributed by atoms with van der Waals surface area (Å²) in [5.74, 6) is 0.228. The fourth-order valence-corrected chi connectivity index (χ4v) is 1.85. The van der Waals surface area contributed by atoms with Gasteiger partial charge in [0.05, 0.1) is 12.3 Å². The zero-order valence-corrected chi connectivity index (χ0v) is 11.8. The summed E-state index contributed by atoms with van der Waals surface area (Å²) in [6.45, 7) is 0. The fourth-order valence-electron chi connectivity index (χ4n) is 1.68. The third-order valence-corrected chi connectivity index (χ3v) is 2.89. The number of rotatable bonds is 3. The summed E-state index contributed by atoms with van der Waals surface area (Å²) in [6, 6.07) is 9.61. The van der Waals surface area contributed by atoms with Crippen LogP contribution in [0, 0.1) is 0 Å². The van der Waals surface area contributed by atoms with Crippen LogP contribution in [0.5, 0.6) is 0 Å². The summed E-state index contributed by atoms with van der Waals surface area (Å²) in [5.41, 5.74) is 3.66. The number of anilines is 1. The van der Waals surface area contributed by atoms with E-state index >= 15 is 0 Å². The van der Waals surface area contributed by atoms with Gasteiger partial charge in [0.1, 0.15) is 5.76 Å². The smallest absolute Gasteiger partial charge is 0.191 e. The van der Waals surface area contributed by atoms with E-state index in [1.165, 1.54) is 0 Å². The second-order valence-corrected chi connectivity index (χ2v) is 4.69. The van der Waals surface area contributed by atoms with Crippen molar-refractivity contribution in [2.24, 2.45) is 5.10 Å². The largest absolute Gasteiger partial charge is 0.506 e. The molecule has 20 heavy (non-hydrogen) atoms. The van der Waals surface area contributed by atoms with Crippen molar-refractivity contribution in [1.82, 2.24) is 10.3 Å². The summed E-state index contributed by atoms with van der Waals surface area (Å²) in [4.78, 5) is 1.84. The quantitative estimate of drug-likeness (QED) is 0.452. The number of hydrogen-bond donors (Lipinski definition) is 3. The molecule has 0 aliphatic carbocycles. The minimum atomic E-state index is -0.0158. The Hall–Kier alpha value is -2.34. The number of nitrogens with zero attached hydrogens (tertiary/aromatic N) is 2. The Morgan fingerprint density at radius 3 is 2.85 bits per heavy atom. The van der Waals surface area contributed by atoms with Gasteiger partial charge in [0.25, 0.3) is 0 Å². The highest BCUT2D eigenvalue weighted by Gasteiger charge is 2.10. The monoisotopic (exact) mass is 288 g/mol. The summed E-state index contributed by atoms with van der Waals surface area (Å²) in [5, 5.41) is 16.8. The highest BCUT2D eigenvalue weighted by atomic mass is 32.1. The van der Waals surface area contributed by atoms with Crippen LogP contribution in [-0.2, 0) is 0 Å². The standard InChI is InChI=1S/C14H16N4OS/c1-18-10-13(19)8-7-12(18)9-15-17-14(20)16-11-5-3-2-4-6-11/h2-10,12,19H,1H3,(H2,16,17,20). The van der Waals surface area contributed by atoms with Gasteiger partial charge in [-0.15, -0.1) is 0 Å². The van der Waals surface area contributed by atoms with Crippen molar-refractivity contribution >= 4 is 29.2 Å². The number of para-hydroxylation sites is 1. The molecule has 1 unspecified atom stereocenters. The van der Waals surface area contributed by atoms with Gasteiger partial charge >= 0.3 is 0 Å². The van der Waals surface area contributed by atoms with Crippen LogP contribution in [-0.4, -0.2) is 34.4 Å². The van der Waals surface area contributed by atoms with Gasteiger partial charge in [-0.2, -0.15) is 5.10 Å². The Labute approximate surface area is 123 Å². The van der Waals surface area contributed by atoms with Crippen LogP contribution >= 0.6 is 12.2 Å². The number of aliphatic hydroxyl groups excluding tert-OH is 1. The number of aliphatic hydroxyl groups is 1. The predicted molar refractivity (Wildman–Crippen MR) is 85.7 cm³/mol. The molecule has 0 saturated carbocycles. The molecule has 6 heteroatoms. The first-order valence-electron chi connectivity index (χ1n) is 6.11. The number of allylic oxidation sites excluding steroid dienone is 1. The molecule has 1 aliphatic rings. The van der Waals surface area contributed by atoms with Crippen molar-refractivity contribution in [2.75, 3.05) is 12.4 Å². The summed E-state index contributed by atoms with van der Waals surface area (Å²) < 4.78 is 0. The average Bonchev–Trinajstić information content (AvgIpc) is 2.42. The van der Waals surface area contributed by atoms with E-state index in [9.17, 15) is 5.11 Å². The van der Waals surface area contributed by atoms with Crippen molar-refractivity contribution in [3.8, 4) is 0 Å². The molecule has 1 atom stereocenters. The number of likely N-dealkylation sites (N-methyl/N-ethyl adjacent to an activating group) is 1. The first-order chi connectivity index (χ1) is 9.65. The molecular weight excluding hydrogens is 272 g/mol. The lowest BCUT2D eigenvalue weighted by atomic mass is 10.2. The van der Waals surface area contributed by atoms with E-state index in [2.05, 4.69) is 15.8 Å². The molecule has 1 aliphatic heterocycles. The molecule has 104 valence electrons. The lowest BCUT2D eigenvalue weighted by Gasteiger charge is -2.23. The third kappa shape index (κ3) is 4.10. The lowest BCUT2D eigenvalue weighted by molar-refractivity contribution is 0.374. The van der Waals surface area contributed by atoms with E-state index in [0.717, 1.165) is 5.69 Å². The van der Waals surface area contributed by atoms with Crippen LogP contribution in [0.15, 0.2) is 59.5 Å². The zero-order valence-electron chi connectivity index (χ0n) is 11.0. The maximum atomic E-state index is 9.32. The Balaban J connectivity index is 1.82. The predicted octanol–water partition coefficient (Wildman–Crippen LogP) is 2.23. The first-order valence-corrected chi connectivity index (χ1v) is 6.52. The Morgan fingerprint density at radius 1 is 1.40 bits per heavy atom. The Bertz CT molecular complexity index is 554.